The third-order valence-corrected chi connectivity index (χ3v) is 5.53. The first-order valence-electron chi connectivity index (χ1n) is 9.19. The Morgan fingerprint density at radius 3 is 2.42 bits per heavy atom. The highest BCUT2D eigenvalue weighted by atomic mass is 19.1. The summed E-state index contributed by atoms with van der Waals surface area (Å²) in [5, 5.41) is 2.96. The van der Waals surface area contributed by atoms with Gasteiger partial charge in [0.2, 0.25) is 5.91 Å². The molecule has 2 saturated heterocycles. The van der Waals surface area contributed by atoms with Crippen molar-refractivity contribution < 1.29 is 23.2 Å². The molecule has 0 atom stereocenters. The largest absolute Gasteiger partial charge is 0.494 e. The maximum atomic E-state index is 14.2. The highest BCUT2D eigenvalue weighted by Gasteiger charge is 2.51. The molecule has 0 unspecified atom stereocenters. The van der Waals surface area contributed by atoms with Crippen LogP contribution in [0.1, 0.15) is 46.1 Å². The third kappa shape index (κ3) is 4.10. The van der Waals surface area contributed by atoms with Gasteiger partial charge in [0, 0.05) is 19.3 Å². The van der Waals surface area contributed by atoms with Crippen molar-refractivity contribution in [3.63, 3.8) is 0 Å². The van der Waals surface area contributed by atoms with Crippen LogP contribution in [0.5, 0.6) is 0 Å². The fourth-order valence-electron chi connectivity index (χ4n) is 3.15. The monoisotopic (exact) mass is 363 g/mol. The fraction of sp³-hybridized carbons (Fsp3) is 0.632. The lowest BCUT2D eigenvalue weighted by Gasteiger charge is -2.32. The van der Waals surface area contributed by atoms with Gasteiger partial charge in [-0.15, -0.1) is 0 Å². The molecule has 0 spiro atoms. The van der Waals surface area contributed by atoms with Crippen molar-refractivity contribution >= 4 is 18.5 Å². The highest BCUT2D eigenvalue weighted by molar-refractivity contribution is 6.62. The Morgan fingerprint density at radius 1 is 1.19 bits per heavy atom. The average molecular weight is 363 g/mol. The number of carbonyl (C=O) groups excluding carboxylic acids is 1. The minimum absolute atomic E-state index is 0.00344. The minimum atomic E-state index is -0.571. The Labute approximate surface area is 154 Å². The molecule has 0 bridgehead atoms. The number of rotatable bonds is 4. The number of ether oxygens (including phenoxy) is 1. The molecular formula is C19H27BFNO4. The summed E-state index contributed by atoms with van der Waals surface area (Å²) in [6.07, 6.45) is 1.58. The van der Waals surface area contributed by atoms with Crippen LogP contribution in [0.15, 0.2) is 18.2 Å². The summed E-state index contributed by atoms with van der Waals surface area (Å²) in [5.41, 5.74) is 0.139. The molecule has 0 saturated carbocycles. The zero-order valence-corrected chi connectivity index (χ0v) is 15.9. The van der Waals surface area contributed by atoms with Crippen LogP contribution in [0, 0.1) is 5.82 Å². The lowest BCUT2D eigenvalue weighted by molar-refractivity contribution is -0.121. The van der Waals surface area contributed by atoms with Crippen LogP contribution in [-0.4, -0.2) is 43.5 Å². The molecule has 2 heterocycles. The second kappa shape index (κ2) is 7.29. The van der Waals surface area contributed by atoms with E-state index in [9.17, 15) is 9.18 Å². The molecule has 0 aliphatic carbocycles. The van der Waals surface area contributed by atoms with Gasteiger partial charge >= 0.3 is 7.12 Å². The molecule has 1 aromatic rings. The standard InChI is InChI=1S/C19H27BFNO4/c1-18(2)19(3,4)26-20(25-18)14-5-6-16(21)13(11-14)12-17(23)22-15-7-9-24-10-8-15/h5-6,11,15H,7-10,12H2,1-4H3,(H,22,23). The van der Waals surface area contributed by atoms with Gasteiger partial charge in [-0.2, -0.15) is 0 Å². The van der Waals surface area contributed by atoms with E-state index in [0.29, 0.717) is 18.8 Å². The molecule has 2 aliphatic heterocycles. The molecule has 1 amide bonds. The summed E-state index contributed by atoms with van der Waals surface area (Å²) in [4.78, 5) is 12.3. The van der Waals surface area contributed by atoms with Crippen molar-refractivity contribution in [3.8, 4) is 0 Å². The molecule has 1 aromatic carbocycles. The van der Waals surface area contributed by atoms with Crippen LogP contribution in [0.4, 0.5) is 4.39 Å². The minimum Gasteiger partial charge on any atom is -0.399 e. The van der Waals surface area contributed by atoms with Gasteiger partial charge in [0.1, 0.15) is 5.82 Å². The van der Waals surface area contributed by atoms with Crippen LogP contribution in [0.3, 0.4) is 0 Å². The van der Waals surface area contributed by atoms with E-state index < -0.39 is 24.1 Å². The number of benzene rings is 1. The molecule has 142 valence electrons. The highest BCUT2D eigenvalue weighted by Crippen LogP contribution is 2.36. The lowest BCUT2D eigenvalue weighted by Crippen LogP contribution is -2.41. The number of nitrogens with one attached hydrogen (secondary N) is 1. The maximum absolute atomic E-state index is 14.2. The number of amides is 1. The van der Waals surface area contributed by atoms with E-state index in [-0.39, 0.29) is 18.4 Å². The first-order valence-corrected chi connectivity index (χ1v) is 9.19. The van der Waals surface area contributed by atoms with Gasteiger partial charge in [-0.25, -0.2) is 4.39 Å². The van der Waals surface area contributed by atoms with Gasteiger partial charge in [-0.3, -0.25) is 4.79 Å². The zero-order valence-electron chi connectivity index (χ0n) is 15.9. The second-order valence-electron chi connectivity index (χ2n) is 8.07. The van der Waals surface area contributed by atoms with Gasteiger partial charge in [-0.1, -0.05) is 12.1 Å². The van der Waals surface area contributed by atoms with E-state index in [1.54, 1.807) is 12.1 Å². The normalized spacial score (nSPS) is 22.4. The Hall–Kier alpha value is -1.44. The van der Waals surface area contributed by atoms with Crippen LogP contribution < -0.4 is 10.8 Å². The summed E-state index contributed by atoms with van der Waals surface area (Å²) in [6.45, 7) is 9.18. The molecule has 26 heavy (non-hydrogen) atoms. The summed E-state index contributed by atoms with van der Waals surface area (Å²) in [5.74, 6) is -0.575. The van der Waals surface area contributed by atoms with Crippen molar-refractivity contribution in [1.29, 1.82) is 0 Å². The molecular weight excluding hydrogens is 336 g/mol. The lowest BCUT2D eigenvalue weighted by atomic mass is 9.78. The topological polar surface area (TPSA) is 56.8 Å². The molecule has 7 heteroatoms. The smallest absolute Gasteiger partial charge is 0.399 e. The van der Waals surface area contributed by atoms with E-state index in [1.807, 2.05) is 27.7 Å². The fourth-order valence-corrected chi connectivity index (χ4v) is 3.15. The molecule has 0 aromatic heterocycles. The molecule has 0 radical (unpaired) electrons. The summed E-state index contributed by atoms with van der Waals surface area (Å²) >= 11 is 0. The third-order valence-electron chi connectivity index (χ3n) is 5.53. The Bertz CT molecular complexity index is 658. The van der Waals surface area contributed by atoms with E-state index >= 15 is 0 Å². The number of carbonyl (C=O) groups is 1. The van der Waals surface area contributed by atoms with Crippen LogP contribution in [0.2, 0.25) is 0 Å². The van der Waals surface area contributed by atoms with Crippen LogP contribution in [0.25, 0.3) is 0 Å². The average Bonchev–Trinajstić information content (AvgIpc) is 2.78. The Morgan fingerprint density at radius 2 is 1.81 bits per heavy atom. The molecule has 5 nitrogen and oxygen atoms in total. The van der Waals surface area contributed by atoms with Gasteiger partial charge in [-0.05, 0) is 57.6 Å². The van der Waals surface area contributed by atoms with Crippen molar-refractivity contribution in [2.45, 2.75) is 64.2 Å². The predicted molar refractivity (Wildman–Crippen MR) is 97.8 cm³/mol. The molecule has 2 fully saturated rings. The van der Waals surface area contributed by atoms with Gasteiger partial charge in [0.25, 0.3) is 0 Å². The Kier molecular flexibility index (Phi) is 5.42. The quantitative estimate of drug-likeness (QED) is 0.831. The van der Waals surface area contributed by atoms with Crippen LogP contribution >= 0.6 is 0 Å². The van der Waals surface area contributed by atoms with E-state index in [0.717, 1.165) is 18.3 Å². The summed E-state index contributed by atoms with van der Waals surface area (Å²) in [6, 6.07) is 4.79. The van der Waals surface area contributed by atoms with Crippen molar-refractivity contribution in [3.05, 3.63) is 29.6 Å². The Balaban J connectivity index is 1.69. The van der Waals surface area contributed by atoms with Crippen molar-refractivity contribution in [2.75, 3.05) is 13.2 Å². The molecule has 2 aliphatic rings. The van der Waals surface area contributed by atoms with Crippen molar-refractivity contribution in [1.82, 2.24) is 5.32 Å². The zero-order chi connectivity index (χ0) is 18.9. The number of hydrogen-bond acceptors (Lipinski definition) is 4. The van der Waals surface area contributed by atoms with Gasteiger partial charge < -0.3 is 19.4 Å². The number of hydrogen-bond donors (Lipinski definition) is 1. The SMILES string of the molecule is CC1(C)OB(c2ccc(F)c(CC(=O)NC3CCOCC3)c2)OC1(C)C. The van der Waals surface area contributed by atoms with Crippen molar-refractivity contribution in [2.24, 2.45) is 0 Å². The molecule has 1 N–H and O–H groups in total. The van der Waals surface area contributed by atoms with E-state index in [1.165, 1.54) is 6.07 Å². The van der Waals surface area contributed by atoms with Crippen LogP contribution in [-0.2, 0) is 25.3 Å². The summed E-state index contributed by atoms with van der Waals surface area (Å²) in [7, 11) is -0.571. The number of halogens is 1. The van der Waals surface area contributed by atoms with E-state index in [2.05, 4.69) is 5.32 Å². The first kappa shape index (κ1) is 19.3. The van der Waals surface area contributed by atoms with Gasteiger partial charge in [0.05, 0.1) is 17.6 Å². The second-order valence-corrected chi connectivity index (χ2v) is 8.07. The first-order chi connectivity index (χ1) is 12.2. The van der Waals surface area contributed by atoms with Gasteiger partial charge in [0.15, 0.2) is 0 Å². The van der Waals surface area contributed by atoms with E-state index in [4.69, 9.17) is 14.0 Å². The molecule has 3 rings (SSSR count). The maximum Gasteiger partial charge on any atom is 0.494 e. The predicted octanol–water partition coefficient (Wildman–Crippen LogP) is 1.96. The summed E-state index contributed by atoms with van der Waals surface area (Å²) < 4.78 is 31.5.